The Morgan fingerprint density at radius 3 is 2.56 bits per heavy atom. The van der Waals surface area contributed by atoms with Gasteiger partial charge in [-0.3, -0.25) is 14.9 Å². The van der Waals surface area contributed by atoms with Crippen LogP contribution in [0.25, 0.3) is 6.08 Å². The van der Waals surface area contributed by atoms with E-state index in [2.05, 4.69) is 20.9 Å². The van der Waals surface area contributed by atoms with Crippen LogP contribution in [0, 0.1) is 10.1 Å². The number of hydrogen-bond donors (Lipinski definition) is 1. The molecule has 0 unspecified atom stereocenters. The molecule has 0 fully saturated rings. The number of ether oxygens (including phenoxy) is 2. The normalized spacial score (nSPS) is 15.0. The second-order valence-corrected chi connectivity index (χ2v) is 9.93. The molecule has 0 bridgehead atoms. The summed E-state index contributed by atoms with van der Waals surface area (Å²) in [6, 6.07) is 19.8. The predicted molar refractivity (Wildman–Crippen MR) is 152 cm³/mol. The lowest BCUT2D eigenvalue weighted by Gasteiger charge is -2.09. The zero-order valence-electron chi connectivity index (χ0n) is 20.5. The summed E-state index contributed by atoms with van der Waals surface area (Å²) in [7, 11) is 0. The summed E-state index contributed by atoms with van der Waals surface area (Å²) in [5.41, 5.74) is 1.46. The Balaban J connectivity index is 1.57. The maximum absolute atomic E-state index is 12.7. The first-order valence-corrected chi connectivity index (χ1v) is 13.2. The third-order valence-corrected chi connectivity index (χ3v) is 7.00. The van der Waals surface area contributed by atoms with Crippen LogP contribution in [0.15, 0.2) is 98.5 Å². The molecule has 0 saturated heterocycles. The van der Waals surface area contributed by atoms with Gasteiger partial charge in [-0.15, -0.1) is 0 Å². The quantitative estimate of drug-likeness (QED) is 0.171. The SMILES string of the molecule is CCOC(=O)C1=C(O)/C(=C/c2ccc(OCc3cccc([N+](=O)[O-])c3)c(Br)c2)SC1=NC(=O)c1ccccc1. The molecule has 1 heterocycles. The van der Waals surface area contributed by atoms with Crippen molar-refractivity contribution in [3.63, 3.8) is 0 Å². The molecule has 11 heteroatoms. The number of benzene rings is 3. The van der Waals surface area contributed by atoms with E-state index < -0.39 is 16.8 Å². The largest absolute Gasteiger partial charge is 0.506 e. The van der Waals surface area contributed by atoms with Gasteiger partial charge in [0.2, 0.25) is 0 Å². The van der Waals surface area contributed by atoms with Crippen molar-refractivity contribution >= 4 is 56.4 Å². The van der Waals surface area contributed by atoms with Gasteiger partial charge in [0.25, 0.3) is 11.6 Å². The van der Waals surface area contributed by atoms with Crippen LogP contribution in [0.3, 0.4) is 0 Å². The molecule has 39 heavy (non-hydrogen) atoms. The highest BCUT2D eigenvalue weighted by molar-refractivity contribution is 9.10. The van der Waals surface area contributed by atoms with Crippen molar-refractivity contribution in [1.82, 2.24) is 0 Å². The van der Waals surface area contributed by atoms with Gasteiger partial charge in [-0.25, -0.2) is 9.79 Å². The van der Waals surface area contributed by atoms with E-state index in [1.165, 1.54) is 12.1 Å². The molecule has 0 saturated carbocycles. The first kappa shape index (κ1) is 27.8. The Morgan fingerprint density at radius 1 is 1.10 bits per heavy atom. The highest BCUT2D eigenvalue weighted by Crippen LogP contribution is 2.40. The van der Waals surface area contributed by atoms with Crippen LogP contribution in [0.2, 0.25) is 0 Å². The van der Waals surface area contributed by atoms with Crippen molar-refractivity contribution in [2.75, 3.05) is 6.61 Å². The number of rotatable bonds is 8. The fourth-order valence-electron chi connectivity index (χ4n) is 3.53. The fourth-order valence-corrected chi connectivity index (χ4v) is 5.05. The van der Waals surface area contributed by atoms with Crippen molar-refractivity contribution in [3.8, 4) is 5.75 Å². The number of hydrogen-bond acceptors (Lipinski definition) is 8. The van der Waals surface area contributed by atoms with Crippen LogP contribution in [0.5, 0.6) is 5.75 Å². The number of nitrogens with zero attached hydrogens (tertiary/aromatic N) is 2. The molecule has 0 aliphatic carbocycles. The standard InChI is InChI=1S/C28H21BrN2O7S/c1-2-37-28(34)24-25(32)23(39-27(24)30-26(33)19-8-4-3-5-9-19)15-17-11-12-22(21(29)14-17)38-16-18-7-6-10-20(13-18)31(35)36/h3-15,32H,2,16H2,1H3/b23-15-,30-27?. The zero-order chi connectivity index (χ0) is 27.9. The summed E-state index contributed by atoms with van der Waals surface area (Å²) in [5.74, 6) is -1.16. The predicted octanol–water partition coefficient (Wildman–Crippen LogP) is 6.64. The van der Waals surface area contributed by atoms with Gasteiger partial charge >= 0.3 is 5.97 Å². The molecule has 0 atom stereocenters. The molecule has 0 aromatic heterocycles. The van der Waals surface area contributed by atoms with Crippen LogP contribution < -0.4 is 4.74 Å². The number of esters is 1. The van der Waals surface area contributed by atoms with E-state index in [0.29, 0.717) is 31.8 Å². The topological polar surface area (TPSA) is 128 Å². The van der Waals surface area contributed by atoms with Crippen LogP contribution in [0.1, 0.15) is 28.4 Å². The van der Waals surface area contributed by atoms with Gasteiger partial charge in [0.1, 0.15) is 28.7 Å². The number of nitro groups is 1. The number of carbonyl (C=O) groups is 2. The van der Waals surface area contributed by atoms with Gasteiger partial charge < -0.3 is 14.6 Å². The zero-order valence-corrected chi connectivity index (χ0v) is 22.9. The lowest BCUT2D eigenvalue weighted by atomic mass is 10.1. The number of non-ortho nitro benzene ring substituents is 1. The van der Waals surface area contributed by atoms with Gasteiger partial charge in [0, 0.05) is 17.7 Å². The average molecular weight is 609 g/mol. The van der Waals surface area contributed by atoms with Crippen LogP contribution in [-0.4, -0.2) is 33.6 Å². The number of nitro benzene ring substituents is 1. The second kappa shape index (κ2) is 12.5. The van der Waals surface area contributed by atoms with Crippen LogP contribution in [-0.2, 0) is 16.1 Å². The van der Waals surface area contributed by atoms with Gasteiger partial charge in [-0.2, -0.15) is 0 Å². The Kier molecular flexibility index (Phi) is 8.95. The number of thioether (sulfide) groups is 1. The third-order valence-electron chi connectivity index (χ3n) is 5.36. The Hall–Kier alpha value is -4.22. The van der Waals surface area contributed by atoms with E-state index in [4.69, 9.17) is 9.47 Å². The minimum absolute atomic E-state index is 0.0189. The molecule has 3 aromatic carbocycles. The first-order valence-electron chi connectivity index (χ1n) is 11.6. The van der Waals surface area contributed by atoms with Gasteiger partial charge in [0.15, 0.2) is 0 Å². The number of amides is 1. The van der Waals surface area contributed by atoms with E-state index in [0.717, 1.165) is 11.8 Å². The fraction of sp³-hybridized carbons (Fsp3) is 0.107. The summed E-state index contributed by atoms with van der Waals surface area (Å²) >= 11 is 4.45. The summed E-state index contributed by atoms with van der Waals surface area (Å²) in [5, 5.41) is 21.9. The van der Waals surface area contributed by atoms with E-state index in [1.807, 2.05) is 0 Å². The van der Waals surface area contributed by atoms with Gasteiger partial charge in [-0.1, -0.05) is 48.2 Å². The molecule has 1 amide bonds. The van der Waals surface area contributed by atoms with E-state index in [9.17, 15) is 24.8 Å². The van der Waals surface area contributed by atoms with Gasteiger partial charge in [-0.05, 0) is 64.3 Å². The monoisotopic (exact) mass is 608 g/mol. The van der Waals surface area contributed by atoms with E-state index in [1.54, 1.807) is 73.7 Å². The Bertz CT molecular complexity index is 1530. The van der Waals surface area contributed by atoms with Crippen molar-refractivity contribution in [1.29, 1.82) is 0 Å². The molecule has 3 aromatic rings. The summed E-state index contributed by atoms with van der Waals surface area (Å²) in [6.45, 7) is 1.85. The Morgan fingerprint density at radius 2 is 1.87 bits per heavy atom. The van der Waals surface area contributed by atoms with Crippen molar-refractivity contribution in [2.24, 2.45) is 4.99 Å². The molecule has 1 aliphatic rings. The van der Waals surface area contributed by atoms with Crippen molar-refractivity contribution in [3.05, 3.63) is 120 Å². The summed E-state index contributed by atoms with van der Waals surface area (Å²) in [4.78, 5) is 40.2. The second-order valence-electron chi connectivity index (χ2n) is 8.05. The number of halogens is 1. The smallest absolute Gasteiger partial charge is 0.344 e. The van der Waals surface area contributed by atoms with Crippen LogP contribution in [0.4, 0.5) is 5.69 Å². The molecule has 1 aliphatic heterocycles. The third kappa shape index (κ3) is 6.81. The van der Waals surface area contributed by atoms with Gasteiger partial charge in [0.05, 0.1) is 20.9 Å². The minimum Gasteiger partial charge on any atom is -0.506 e. The maximum atomic E-state index is 12.7. The highest BCUT2D eigenvalue weighted by Gasteiger charge is 2.34. The first-order chi connectivity index (χ1) is 18.8. The number of carbonyl (C=O) groups excluding carboxylic acids is 2. The summed E-state index contributed by atoms with van der Waals surface area (Å²) in [6.07, 6.45) is 1.64. The average Bonchev–Trinajstić information content (AvgIpc) is 3.22. The molecule has 198 valence electrons. The molecule has 4 rings (SSSR count). The Labute approximate surface area is 236 Å². The number of aliphatic hydroxyl groups excluding tert-OH is 1. The molecule has 0 radical (unpaired) electrons. The molecule has 9 nitrogen and oxygen atoms in total. The maximum Gasteiger partial charge on any atom is 0.344 e. The minimum atomic E-state index is -0.781. The number of aliphatic hydroxyl groups is 1. The number of aliphatic imine (C=N–C) groups is 1. The van der Waals surface area contributed by atoms with Crippen molar-refractivity contribution in [2.45, 2.75) is 13.5 Å². The van der Waals surface area contributed by atoms with E-state index >= 15 is 0 Å². The molecule has 1 N–H and O–H groups in total. The lowest BCUT2D eigenvalue weighted by molar-refractivity contribution is -0.384. The molecular formula is C28H21BrN2O7S. The molecule has 0 spiro atoms. The van der Waals surface area contributed by atoms with Crippen LogP contribution >= 0.6 is 27.7 Å². The van der Waals surface area contributed by atoms with Crippen molar-refractivity contribution < 1.29 is 29.1 Å². The lowest BCUT2D eigenvalue weighted by Crippen LogP contribution is -2.14. The summed E-state index contributed by atoms with van der Waals surface area (Å²) < 4.78 is 11.5. The van der Waals surface area contributed by atoms with E-state index in [-0.39, 0.29) is 35.3 Å². The molecular weight excluding hydrogens is 588 g/mol. The highest BCUT2D eigenvalue weighted by atomic mass is 79.9.